The van der Waals surface area contributed by atoms with Gasteiger partial charge in [-0.15, -0.1) is 0 Å². The van der Waals surface area contributed by atoms with Gasteiger partial charge in [0, 0.05) is 6.54 Å². The molecule has 5 nitrogen and oxygen atoms in total. The quantitative estimate of drug-likeness (QED) is 0.669. The number of likely N-dealkylation sites (tertiary alicyclic amines) is 1. The molecule has 0 radical (unpaired) electrons. The van der Waals surface area contributed by atoms with E-state index in [9.17, 15) is 0 Å². The Morgan fingerprint density at radius 3 is 2.77 bits per heavy atom. The van der Waals surface area contributed by atoms with Gasteiger partial charge in [0.1, 0.15) is 6.61 Å². The molecule has 1 fully saturated rings. The first-order chi connectivity index (χ1) is 10.8. The van der Waals surface area contributed by atoms with Gasteiger partial charge in [-0.2, -0.15) is 0 Å². The highest BCUT2D eigenvalue weighted by molar-refractivity contribution is 5.42. The molecule has 0 spiro atoms. The Morgan fingerprint density at radius 2 is 1.95 bits per heavy atom. The maximum atomic E-state index is 5.84. The lowest BCUT2D eigenvalue weighted by Crippen LogP contribution is -2.34. The molecule has 2 aliphatic rings. The van der Waals surface area contributed by atoms with Crippen LogP contribution in [0.1, 0.15) is 26.2 Å². The Bertz CT molecular complexity index is 524. The molecule has 3 rings (SSSR count). The monoisotopic (exact) mass is 304 g/mol. The van der Waals surface area contributed by atoms with E-state index in [0.717, 1.165) is 29.5 Å². The minimum absolute atomic E-state index is 0.422. The van der Waals surface area contributed by atoms with Crippen LogP contribution in [-0.2, 0) is 4.84 Å². The standard InChI is InChI=1S/C17H24N2O3/c1-14(18-21-12-11-19-9-5-2-6-10-19)17-13-20-15-7-3-4-8-16(15)22-17/h3-4,7-8,18H,2,5-6,9-13H2,1H3/b17-14-. The summed E-state index contributed by atoms with van der Waals surface area (Å²) in [6.07, 6.45) is 3.97. The number of para-hydroxylation sites is 2. The first-order valence-electron chi connectivity index (χ1n) is 8.02. The van der Waals surface area contributed by atoms with Gasteiger partial charge >= 0.3 is 0 Å². The third kappa shape index (κ3) is 3.93. The van der Waals surface area contributed by atoms with Gasteiger partial charge in [-0.1, -0.05) is 18.6 Å². The maximum absolute atomic E-state index is 5.84. The summed E-state index contributed by atoms with van der Waals surface area (Å²) < 4.78 is 11.5. The molecule has 0 aliphatic carbocycles. The predicted molar refractivity (Wildman–Crippen MR) is 84.6 cm³/mol. The summed E-state index contributed by atoms with van der Waals surface area (Å²) in [5.41, 5.74) is 3.83. The fourth-order valence-electron chi connectivity index (χ4n) is 2.72. The SMILES string of the molecule is C/C(NOCCN1CCCCC1)=C1\COc2ccccc2O1. The van der Waals surface area contributed by atoms with Crippen molar-refractivity contribution in [3.8, 4) is 11.5 Å². The maximum Gasteiger partial charge on any atom is 0.169 e. The number of hydroxylamine groups is 1. The summed E-state index contributed by atoms with van der Waals surface area (Å²) in [6.45, 7) is 6.38. The van der Waals surface area contributed by atoms with Gasteiger partial charge in [-0.25, -0.2) is 0 Å². The van der Waals surface area contributed by atoms with E-state index in [0.29, 0.717) is 13.2 Å². The van der Waals surface area contributed by atoms with E-state index in [-0.39, 0.29) is 0 Å². The molecule has 1 N–H and O–H groups in total. The van der Waals surface area contributed by atoms with Gasteiger partial charge in [-0.05, 0) is 45.0 Å². The van der Waals surface area contributed by atoms with Crippen molar-refractivity contribution in [2.24, 2.45) is 0 Å². The van der Waals surface area contributed by atoms with Gasteiger partial charge in [0.05, 0.1) is 12.3 Å². The lowest BCUT2D eigenvalue weighted by molar-refractivity contribution is 0.0378. The molecule has 22 heavy (non-hydrogen) atoms. The number of nitrogens with one attached hydrogen (secondary N) is 1. The van der Waals surface area contributed by atoms with E-state index >= 15 is 0 Å². The second kappa shape index (κ2) is 7.51. The molecule has 0 atom stereocenters. The lowest BCUT2D eigenvalue weighted by Gasteiger charge is -2.26. The third-order valence-corrected chi connectivity index (χ3v) is 4.04. The number of piperidine rings is 1. The topological polar surface area (TPSA) is 43.0 Å². The van der Waals surface area contributed by atoms with E-state index in [2.05, 4.69) is 10.4 Å². The Labute approximate surface area is 131 Å². The minimum Gasteiger partial charge on any atom is -0.482 e. The lowest BCUT2D eigenvalue weighted by atomic mass is 10.1. The molecular formula is C17H24N2O3. The molecule has 1 aromatic carbocycles. The average Bonchev–Trinajstić information content (AvgIpc) is 2.59. The summed E-state index contributed by atoms with van der Waals surface area (Å²) >= 11 is 0. The second-order valence-corrected chi connectivity index (χ2v) is 5.74. The molecule has 2 heterocycles. The Balaban J connectivity index is 1.44. The van der Waals surface area contributed by atoms with Gasteiger partial charge in [0.15, 0.2) is 17.3 Å². The van der Waals surface area contributed by atoms with Crippen LogP contribution in [0, 0.1) is 0 Å². The molecular weight excluding hydrogens is 280 g/mol. The van der Waals surface area contributed by atoms with Crippen LogP contribution in [0.2, 0.25) is 0 Å². The van der Waals surface area contributed by atoms with Crippen LogP contribution in [0.3, 0.4) is 0 Å². The van der Waals surface area contributed by atoms with Crippen LogP contribution in [0.25, 0.3) is 0 Å². The van der Waals surface area contributed by atoms with E-state index in [1.165, 1.54) is 32.4 Å². The summed E-state index contributed by atoms with van der Waals surface area (Å²) in [6, 6.07) is 7.68. The molecule has 1 saturated heterocycles. The van der Waals surface area contributed by atoms with E-state index in [1.807, 2.05) is 31.2 Å². The smallest absolute Gasteiger partial charge is 0.169 e. The minimum atomic E-state index is 0.422. The number of fused-ring (bicyclic) bond motifs is 1. The van der Waals surface area contributed by atoms with Crippen molar-refractivity contribution in [1.29, 1.82) is 0 Å². The van der Waals surface area contributed by atoms with Crippen LogP contribution in [0.15, 0.2) is 35.7 Å². The van der Waals surface area contributed by atoms with E-state index in [4.69, 9.17) is 14.3 Å². The number of hydrogen-bond donors (Lipinski definition) is 1. The molecule has 0 bridgehead atoms. The first kappa shape index (κ1) is 15.2. The highest BCUT2D eigenvalue weighted by Crippen LogP contribution is 2.32. The van der Waals surface area contributed by atoms with Gasteiger partial charge in [-0.3, -0.25) is 10.3 Å². The Hall–Kier alpha value is -1.72. The predicted octanol–water partition coefficient (Wildman–Crippen LogP) is 2.70. The molecule has 0 amide bonds. The average molecular weight is 304 g/mol. The van der Waals surface area contributed by atoms with E-state index < -0.39 is 0 Å². The molecule has 120 valence electrons. The number of rotatable bonds is 5. The van der Waals surface area contributed by atoms with Crippen LogP contribution in [0.5, 0.6) is 11.5 Å². The molecule has 0 aromatic heterocycles. The molecule has 0 saturated carbocycles. The summed E-state index contributed by atoms with van der Waals surface area (Å²) in [5.74, 6) is 2.29. The van der Waals surface area contributed by atoms with Crippen molar-refractivity contribution >= 4 is 0 Å². The van der Waals surface area contributed by atoms with Crippen LogP contribution < -0.4 is 15.0 Å². The van der Waals surface area contributed by atoms with Crippen LogP contribution >= 0.6 is 0 Å². The summed E-state index contributed by atoms with van der Waals surface area (Å²) in [4.78, 5) is 8.00. The molecule has 0 unspecified atom stereocenters. The zero-order chi connectivity index (χ0) is 15.2. The number of nitrogens with zero attached hydrogens (tertiary/aromatic N) is 1. The fraction of sp³-hybridized carbons (Fsp3) is 0.529. The van der Waals surface area contributed by atoms with E-state index in [1.54, 1.807) is 0 Å². The van der Waals surface area contributed by atoms with Crippen molar-refractivity contribution in [3.63, 3.8) is 0 Å². The van der Waals surface area contributed by atoms with Crippen molar-refractivity contribution in [3.05, 3.63) is 35.7 Å². The van der Waals surface area contributed by atoms with Gasteiger partial charge < -0.3 is 14.4 Å². The van der Waals surface area contributed by atoms with Gasteiger partial charge in [0.25, 0.3) is 0 Å². The van der Waals surface area contributed by atoms with Crippen LogP contribution in [-0.4, -0.2) is 37.7 Å². The van der Waals surface area contributed by atoms with Crippen molar-refractivity contribution < 1.29 is 14.3 Å². The number of ether oxygens (including phenoxy) is 2. The van der Waals surface area contributed by atoms with Crippen molar-refractivity contribution in [1.82, 2.24) is 10.4 Å². The molecule has 1 aromatic rings. The first-order valence-corrected chi connectivity index (χ1v) is 8.02. The number of allylic oxidation sites excluding steroid dienone is 1. The van der Waals surface area contributed by atoms with Crippen molar-refractivity contribution in [2.45, 2.75) is 26.2 Å². The summed E-state index contributed by atoms with van der Waals surface area (Å²) in [5, 5.41) is 0. The molecule has 2 aliphatic heterocycles. The highest BCUT2D eigenvalue weighted by Gasteiger charge is 2.17. The van der Waals surface area contributed by atoms with Crippen molar-refractivity contribution in [2.75, 3.05) is 32.8 Å². The zero-order valence-electron chi connectivity index (χ0n) is 13.1. The fourth-order valence-corrected chi connectivity index (χ4v) is 2.72. The number of benzene rings is 1. The normalized spacial score (nSPS) is 20.6. The number of hydrogen-bond acceptors (Lipinski definition) is 5. The highest BCUT2D eigenvalue weighted by atomic mass is 16.6. The van der Waals surface area contributed by atoms with Crippen LogP contribution in [0.4, 0.5) is 0 Å². The third-order valence-electron chi connectivity index (χ3n) is 4.04. The Morgan fingerprint density at radius 1 is 1.18 bits per heavy atom. The second-order valence-electron chi connectivity index (χ2n) is 5.74. The largest absolute Gasteiger partial charge is 0.482 e. The molecule has 5 heteroatoms. The Kier molecular flexibility index (Phi) is 5.19. The summed E-state index contributed by atoms with van der Waals surface area (Å²) in [7, 11) is 0. The zero-order valence-corrected chi connectivity index (χ0v) is 13.1. The van der Waals surface area contributed by atoms with Gasteiger partial charge in [0.2, 0.25) is 0 Å².